The number of aromatic nitrogens is 2. The number of nitrogens with zero attached hydrogens (tertiary/aromatic N) is 1. The zero-order valence-corrected chi connectivity index (χ0v) is 13.8. The maximum atomic E-state index is 12.6. The summed E-state index contributed by atoms with van der Waals surface area (Å²) in [5.41, 5.74) is -0.374. The number of benzene rings is 1. The highest BCUT2D eigenvalue weighted by Gasteiger charge is 2.12. The summed E-state index contributed by atoms with van der Waals surface area (Å²) < 4.78 is 17.0. The molecule has 0 saturated heterocycles. The molecule has 0 amide bonds. The van der Waals surface area contributed by atoms with E-state index in [2.05, 4.69) is 4.98 Å². The van der Waals surface area contributed by atoms with Crippen molar-refractivity contribution in [3.8, 4) is 11.5 Å². The molecule has 7 nitrogen and oxygen atoms in total. The Morgan fingerprint density at radius 2 is 1.78 bits per heavy atom. The van der Waals surface area contributed by atoms with Gasteiger partial charge in [0.25, 0.3) is 5.56 Å². The molecule has 0 fully saturated rings. The van der Waals surface area contributed by atoms with Crippen LogP contribution < -0.4 is 20.7 Å². The van der Waals surface area contributed by atoms with Gasteiger partial charge < -0.3 is 19.2 Å². The molecular formula is C16H22N2O5. The monoisotopic (exact) mass is 322 g/mol. The third kappa shape index (κ3) is 3.73. The minimum atomic E-state index is -0.445. The Morgan fingerprint density at radius 3 is 2.39 bits per heavy atom. The number of methoxy groups -OCH3 is 2. The zero-order valence-electron chi connectivity index (χ0n) is 13.8. The third-order valence-electron chi connectivity index (χ3n) is 3.46. The number of fused-ring (bicyclic) bond motifs is 1. The van der Waals surface area contributed by atoms with Crippen molar-refractivity contribution in [2.24, 2.45) is 0 Å². The van der Waals surface area contributed by atoms with E-state index in [-0.39, 0.29) is 11.7 Å². The summed E-state index contributed by atoms with van der Waals surface area (Å²) in [6.07, 6.45) is 0.707. The van der Waals surface area contributed by atoms with Crippen molar-refractivity contribution < 1.29 is 14.2 Å². The zero-order chi connectivity index (χ0) is 17.0. The minimum absolute atomic E-state index is 0.123. The number of hydrogen-bond acceptors (Lipinski definition) is 5. The molecule has 2 aromatic rings. The van der Waals surface area contributed by atoms with Gasteiger partial charge in [0.2, 0.25) is 0 Å². The van der Waals surface area contributed by atoms with E-state index in [1.54, 1.807) is 12.1 Å². The third-order valence-corrected chi connectivity index (χ3v) is 3.46. The number of nitrogens with one attached hydrogen (secondary N) is 1. The Balaban J connectivity index is 2.39. The molecule has 0 aliphatic heterocycles. The van der Waals surface area contributed by atoms with E-state index in [1.165, 1.54) is 18.8 Å². The molecule has 1 N–H and O–H groups in total. The van der Waals surface area contributed by atoms with Crippen molar-refractivity contribution in [3.05, 3.63) is 33.0 Å². The Hall–Kier alpha value is -2.28. The lowest BCUT2D eigenvalue weighted by Crippen LogP contribution is -2.35. The molecule has 1 heterocycles. The minimum Gasteiger partial charge on any atom is -0.493 e. The molecular weight excluding hydrogens is 300 g/mol. The fraction of sp³-hybridized carbons (Fsp3) is 0.500. The Morgan fingerprint density at radius 1 is 1.13 bits per heavy atom. The molecule has 0 saturated carbocycles. The Kier molecular flexibility index (Phi) is 5.44. The summed E-state index contributed by atoms with van der Waals surface area (Å²) in [7, 11) is 2.99. The van der Waals surface area contributed by atoms with Crippen LogP contribution in [0.3, 0.4) is 0 Å². The van der Waals surface area contributed by atoms with E-state index < -0.39 is 5.69 Å². The van der Waals surface area contributed by atoms with Crippen molar-refractivity contribution in [2.75, 3.05) is 20.8 Å². The normalized spacial score (nSPS) is 11.2. The fourth-order valence-corrected chi connectivity index (χ4v) is 2.32. The van der Waals surface area contributed by atoms with E-state index in [0.29, 0.717) is 42.0 Å². The van der Waals surface area contributed by atoms with Gasteiger partial charge in [-0.2, -0.15) is 0 Å². The maximum absolute atomic E-state index is 12.6. The first kappa shape index (κ1) is 17.1. The van der Waals surface area contributed by atoms with Gasteiger partial charge in [0.05, 0.1) is 31.2 Å². The summed E-state index contributed by atoms with van der Waals surface area (Å²) in [6, 6.07) is 3.16. The van der Waals surface area contributed by atoms with Crippen LogP contribution in [0.1, 0.15) is 20.3 Å². The molecule has 0 aliphatic rings. The van der Waals surface area contributed by atoms with Gasteiger partial charge in [-0.1, -0.05) is 0 Å². The SMILES string of the molecule is COc1cc2[nH]c(=O)n(CCCOC(C)C)c(=O)c2cc1OC. The summed E-state index contributed by atoms with van der Waals surface area (Å²) >= 11 is 0. The first-order chi connectivity index (χ1) is 11.0. The van der Waals surface area contributed by atoms with Gasteiger partial charge in [0.1, 0.15) is 0 Å². The van der Waals surface area contributed by atoms with E-state index >= 15 is 0 Å². The van der Waals surface area contributed by atoms with Gasteiger partial charge in [0, 0.05) is 19.2 Å². The van der Waals surface area contributed by atoms with Gasteiger partial charge >= 0.3 is 5.69 Å². The first-order valence-corrected chi connectivity index (χ1v) is 7.48. The van der Waals surface area contributed by atoms with Crippen molar-refractivity contribution in [1.29, 1.82) is 0 Å². The second-order valence-corrected chi connectivity index (χ2v) is 5.41. The Labute approximate surface area is 133 Å². The second-order valence-electron chi connectivity index (χ2n) is 5.41. The Bertz CT molecular complexity index is 791. The first-order valence-electron chi connectivity index (χ1n) is 7.48. The van der Waals surface area contributed by atoms with E-state index in [4.69, 9.17) is 14.2 Å². The average molecular weight is 322 g/mol. The lowest BCUT2D eigenvalue weighted by Gasteiger charge is -2.11. The number of aromatic amines is 1. The van der Waals surface area contributed by atoms with Crippen LogP contribution in [0.5, 0.6) is 11.5 Å². The molecule has 7 heteroatoms. The van der Waals surface area contributed by atoms with Crippen LogP contribution in [-0.2, 0) is 11.3 Å². The van der Waals surface area contributed by atoms with Gasteiger partial charge in [-0.25, -0.2) is 4.79 Å². The molecule has 1 aromatic heterocycles. The second kappa shape index (κ2) is 7.32. The highest BCUT2D eigenvalue weighted by Crippen LogP contribution is 2.29. The van der Waals surface area contributed by atoms with Crippen LogP contribution in [0.2, 0.25) is 0 Å². The highest BCUT2D eigenvalue weighted by atomic mass is 16.5. The fourth-order valence-electron chi connectivity index (χ4n) is 2.32. The molecule has 1 aromatic carbocycles. The van der Waals surface area contributed by atoms with E-state index in [1.807, 2.05) is 13.8 Å². The largest absolute Gasteiger partial charge is 0.493 e. The quantitative estimate of drug-likeness (QED) is 0.782. The number of rotatable bonds is 7. The van der Waals surface area contributed by atoms with Crippen LogP contribution >= 0.6 is 0 Å². The predicted molar refractivity (Wildman–Crippen MR) is 87.6 cm³/mol. The van der Waals surface area contributed by atoms with Crippen LogP contribution in [0.15, 0.2) is 21.7 Å². The number of H-pyrrole nitrogens is 1. The van der Waals surface area contributed by atoms with Gasteiger partial charge in [0.15, 0.2) is 11.5 Å². The highest BCUT2D eigenvalue weighted by molar-refractivity contribution is 5.81. The van der Waals surface area contributed by atoms with Crippen LogP contribution in [-0.4, -0.2) is 36.5 Å². The lowest BCUT2D eigenvalue weighted by atomic mass is 10.2. The summed E-state index contributed by atoms with van der Waals surface area (Å²) in [5, 5.41) is 0.382. The van der Waals surface area contributed by atoms with E-state index in [9.17, 15) is 9.59 Å². The van der Waals surface area contributed by atoms with Crippen molar-refractivity contribution in [1.82, 2.24) is 9.55 Å². The summed E-state index contributed by atoms with van der Waals surface area (Å²) in [4.78, 5) is 27.4. The molecule has 126 valence electrons. The molecule has 0 bridgehead atoms. The van der Waals surface area contributed by atoms with Crippen LogP contribution in [0, 0.1) is 0 Å². The van der Waals surface area contributed by atoms with Gasteiger partial charge in [-0.15, -0.1) is 0 Å². The van der Waals surface area contributed by atoms with Crippen molar-refractivity contribution in [3.63, 3.8) is 0 Å². The molecule has 0 unspecified atom stereocenters. The van der Waals surface area contributed by atoms with Crippen molar-refractivity contribution >= 4 is 10.9 Å². The van der Waals surface area contributed by atoms with Crippen LogP contribution in [0.25, 0.3) is 10.9 Å². The topological polar surface area (TPSA) is 82.5 Å². The summed E-state index contributed by atoms with van der Waals surface area (Å²) in [6.45, 7) is 4.67. The van der Waals surface area contributed by atoms with Gasteiger partial charge in [-0.3, -0.25) is 9.36 Å². The lowest BCUT2D eigenvalue weighted by molar-refractivity contribution is 0.0745. The molecule has 23 heavy (non-hydrogen) atoms. The van der Waals surface area contributed by atoms with Crippen molar-refractivity contribution in [2.45, 2.75) is 32.9 Å². The van der Waals surface area contributed by atoms with Crippen LogP contribution in [0.4, 0.5) is 0 Å². The molecule has 0 atom stereocenters. The standard InChI is InChI=1S/C16H22N2O5/c1-10(2)23-7-5-6-18-15(19)11-8-13(21-3)14(22-4)9-12(11)17-16(18)20/h8-10H,5-7H2,1-4H3,(H,17,20). The summed E-state index contributed by atoms with van der Waals surface area (Å²) in [5.74, 6) is 0.900. The van der Waals surface area contributed by atoms with E-state index in [0.717, 1.165) is 0 Å². The molecule has 0 aliphatic carbocycles. The number of hydrogen-bond donors (Lipinski definition) is 1. The number of ether oxygens (including phenoxy) is 3. The van der Waals surface area contributed by atoms with Gasteiger partial charge in [-0.05, 0) is 26.3 Å². The maximum Gasteiger partial charge on any atom is 0.328 e. The predicted octanol–water partition coefficient (Wildman–Crippen LogP) is 1.52. The molecule has 2 rings (SSSR count). The molecule has 0 spiro atoms. The smallest absolute Gasteiger partial charge is 0.328 e. The average Bonchev–Trinajstić information content (AvgIpc) is 2.52. The molecule has 0 radical (unpaired) electrons.